The summed E-state index contributed by atoms with van der Waals surface area (Å²) in [7, 11) is 0. The number of hydrogen-bond acceptors (Lipinski definition) is 3. The molecule has 0 spiro atoms. The van der Waals surface area contributed by atoms with Gasteiger partial charge < -0.3 is 15.3 Å². The Morgan fingerprint density at radius 3 is 2.89 bits per heavy atom. The van der Waals surface area contributed by atoms with E-state index in [0.29, 0.717) is 24.6 Å². The molecule has 0 aromatic heterocycles. The molecule has 0 aromatic carbocycles. The van der Waals surface area contributed by atoms with Crippen LogP contribution in [0.3, 0.4) is 0 Å². The molecule has 1 unspecified atom stereocenters. The second-order valence-electron chi connectivity index (χ2n) is 5.49. The van der Waals surface area contributed by atoms with Crippen LogP contribution in [0.25, 0.3) is 0 Å². The second kappa shape index (κ2) is 4.30. The van der Waals surface area contributed by atoms with Crippen LogP contribution < -0.4 is 5.32 Å². The van der Waals surface area contributed by atoms with Gasteiger partial charge in [-0.3, -0.25) is 5.41 Å². The lowest BCUT2D eigenvalue weighted by atomic mass is 10.00. The molecule has 1 heterocycles. The van der Waals surface area contributed by atoms with E-state index in [0.717, 1.165) is 11.8 Å². The van der Waals surface area contributed by atoms with Gasteiger partial charge in [0.2, 0.25) is 0 Å². The highest BCUT2D eigenvalue weighted by molar-refractivity contribution is 5.88. The fourth-order valence-corrected chi connectivity index (χ4v) is 2.70. The Bertz CT molecular complexity index is 517. The molecule has 3 atom stereocenters. The topological polar surface area (TPSA) is 59.4 Å². The van der Waals surface area contributed by atoms with Crippen LogP contribution in [0.5, 0.6) is 0 Å². The van der Waals surface area contributed by atoms with E-state index < -0.39 is 0 Å². The van der Waals surface area contributed by atoms with Crippen LogP contribution in [-0.4, -0.2) is 28.4 Å². The van der Waals surface area contributed by atoms with E-state index >= 15 is 0 Å². The molecule has 19 heavy (non-hydrogen) atoms. The highest BCUT2D eigenvalue weighted by Crippen LogP contribution is 2.44. The summed E-state index contributed by atoms with van der Waals surface area (Å²) in [6.45, 7) is 8.19. The summed E-state index contributed by atoms with van der Waals surface area (Å²) in [5.41, 5.74) is 1.27. The van der Waals surface area contributed by atoms with Crippen molar-refractivity contribution in [1.29, 1.82) is 5.41 Å². The minimum atomic E-state index is -0.198. The number of allylic oxidation sites excluding steroid dienone is 2. The molecule has 1 saturated carbocycles. The first-order chi connectivity index (χ1) is 9.06. The van der Waals surface area contributed by atoms with Crippen LogP contribution in [0.1, 0.15) is 12.8 Å². The highest BCUT2D eigenvalue weighted by Gasteiger charge is 2.37. The van der Waals surface area contributed by atoms with E-state index in [1.165, 1.54) is 12.0 Å². The van der Waals surface area contributed by atoms with Gasteiger partial charge in [0.15, 0.2) is 0 Å². The summed E-state index contributed by atoms with van der Waals surface area (Å²) in [4.78, 5) is 1.69. The van der Waals surface area contributed by atoms with Crippen LogP contribution in [0.4, 0.5) is 0 Å². The molecule has 4 nitrogen and oxygen atoms in total. The molecule has 0 aromatic rings. The monoisotopic (exact) mass is 257 g/mol. The van der Waals surface area contributed by atoms with E-state index in [-0.39, 0.29) is 11.8 Å². The van der Waals surface area contributed by atoms with Crippen molar-refractivity contribution >= 4 is 5.84 Å². The molecule has 0 radical (unpaired) electrons. The Hall–Kier alpha value is -1.97. The average molecular weight is 257 g/mol. The summed E-state index contributed by atoms with van der Waals surface area (Å²) in [5.74, 6) is 2.73. The SMILES string of the molecule is C=C(O)[C@@H]1CC(=N)N1C(=C)NCC1=C[C@@H]2CC2C=C1. The molecule has 2 fully saturated rings. The van der Waals surface area contributed by atoms with E-state index in [1.807, 2.05) is 0 Å². The summed E-state index contributed by atoms with van der Waals surface area (Å²) >= 11 is 0. The van der Waals surface area contributed by atoms with Gasteiger partial charge in [0.05, 0.1) is 6.04 Å². The molecule has 1 saturated heterocycles. The Morgan fingerprint density at radius 2 is 2.26 bits per heavy atom. The minimum Gasteiger partial charge on any atom is -0.511 e. The lowest BCUT2D eigenvalue weighted by Crippen LogP contribution is -2.54. The lowest BCUT2D eigenvalue weighted by Gasteiger charge is -2.43. The van der Waals surface area contributed by atoms with Crippen LogP contribution in [0.15, 0.2) is 48.5 Å². The number of likely N-dealkylation sites (tertiary alicyclic amines) is 1. The number of aliphatic hydroxyl groups is 1. The predicted molar refractivity (Wildman–Crippen MR) is 75.7 cm³/mol. The van der Waals surface area contributed by atoms with Crippen molar-refractivity contribution in [3.05, 3.63) is 48.5 Å². The van der Waals surface area contributed by atoms with E-state index in [9.17, 15) is 5.11 Å². The van der Waals surface area contributed by atoms with Crippen LogP contribution in [0, 0.1) is 17.2 Å². The van der Waals surface area contributed by atoms with Gasteiger partial charge in [-0.1, -0.05) is 31.4 Å². The smallest absolute Gasteiger partial charge is 0.108 e. The number of hydrogen-bond donors (Lipinski definition) is 3. The van der Waals surface area contributed by atoms with Gasteiger partial charge in [-0.15, -0.1) is 0 Å². The Labute approximate surface area is 113 Å². The van der Waals surface area contributed by atoms with Gasteiger partial charge in [-0.25, -0.2) is 0 Å². The molecular formula is C15H19N3O. The fourth-order valence-electron chi connectivity index (χ4n) is 2.70. The van der Waals surface area contributed by atoms with Crippen molar-refractivity contribution in [2.45, 2.75) is 18.9 Å². The lowest BCUT2D eigenvalue weighted by molar-refractivity contribution is 0.236. The maximum Gasteiger partial charge on any atom is 0.108 e. The molecule has 0 bridgehead atoms. The van der Waals surface area contributed by atoms with E-state index in [2.05, 4.69) is 36.7 Å². The number of amidine groups is 1. The Balaban J connectivity index is 1.55. The number of nitrogens with one attached hydrogen (secondary N) is 2. The van der Waals surface area contributed by atoms with Gasteiger partial charge in [-0.05, 0) is 23.8 Å². The second-order valence-corrected chi connectivity index (χ2v) is 5.49. The third-order valence-electron chi connectivity index (χ3n) is 4.04. The number of fused-ring (bicyclic) bond motifs is 1. The molecule has 4 heteroatoms. The average Bonchev–Trinajstić information content (AvgIpc) is 3.11. The molecule has 2 aliphatic carbocycles. The number of rotatable bonds is 5. The van der Waals surface area contributed by atoms with Gasteiger partial charge >= 0.3 is 0 Å². The molecule has 3 aliphatic rings. The van der Waals surface area contributed by atoms with Crippen LogP contribution in [-0.2, 0) is 0 Å². The highest BCUT2D eigenvalue weighted by atomic mass is 16.3. The number of nitrogens with zero attached hydrogens (tertiary/aromatic N) is 1. The van der Waals surface area contributed by atoms with E-state index in [1.54, 1.807) is 4.90 Å². The van der Waals surface area contributed by atoms with Crippen molar-refractivity contribution in [2.75, 3.05) is 6.54 Å². The first-order valence-corrected chi connectivity index (χ1v) is 6.62. The Kier molecular flexibility index (Phi) is 2.73. The molecule has 100 valence electrons. The van der Waals surface area contributed by atoms with Crippen molar-refractivity contribution in [2.24, 2.45) is 11.8 Å². The largest absolute Gasteiger partial charge is 0.511 e. The molecule has 3 rings (SSSR count). The van der Waals surface area contributed by atoms with Crippen molar-refractivity contribution in [3.8, 4) is 0 Å². The molecular weight excluding hydrogens is 238 g/mol. The predicted octanol–water partition coefficient (Wildman–Crippen LogP) is 2.30. The standard InChI is InChI=1S/C15H19N3O/c1-9(19)14-7-15(16)18(14)10(2)17-8-11-3-4-12-6-13(12)5-11/h3-5,12-14,16-17,19H,1-2,6-8H2/t12?,13-,14+/m1/s1. The van der Waals surface area contributed by atoms with Crippen molar-refractivity contribution < 1.29 is 5.11 Å². The minimum absolute atomic E-state index is 0.0940. The fraction of sp³-hybridized carbons (Fsp3) is 0.400. The zero-order valence-corrected chi connectivity index (χ0v) is 10.9. The summed E-state index contributed by atoms with van der Waals surface area (Å²) in [6, 6.07) is -0.198. The first-order valence-electron chi connectivity index (χ1n) is 6.62. The van der Waals surface area contributed by atoms with Gasteiger partial charge in [0, 0.05) is 13.0 Å². The molecule has 0 amide bonds. The van der Waals surface area contributed by atoms with Gasteiger partial charge in [-0.2, -0.15) is 0 Å². The molecule has 3 N–H and O–H groups in total. The van der Waals surface area contributed by atoms with Crippen LogP contribution in [0.2, 0.25) is 0 Å². The van der Waals surface area contributed by atoms with Gasteiger partial charge in [0.25, 0.3) is 0 Å². The quantitative estimate of drug-likeness (QED) is 0.662. The van der Waals surface area contributed by atoms with Gasteiger partial charge in [0.1, 0.15) is 17.4 Å². The van der Waals surface area contributed by atoms with Crippen molar-refractivity contribution in [3.63, 3.8) is 0 Å². The maximum absolute atomic E-state index is 9.44. The first kappa shape index (κ1) is 12.1. The van der Waals surface area contributed by atoms with E-state index in [4.69, 9.17) is 5.41 Å². The molecule has 1 aliphatic heterocycles. The van der Waals surface area contributed by atoms with Crippen LogP contribution >= 0.6 is 0 Å². The normalized spacial score (nSPS) is 31.2. The third kappa shape index (κ3) is 2.18. The Morgan fingerprint density at radius 1 is 1.47 bits per heavy atom. The maximum atomic E-state index is 9.44. The number of aliphatic hydroxyl groups excluding tert-OH is 1. The zero-order chi connectivity index (χ0) is 13.6. The third-order valence-corrected chi connectivity index (χ3v) is 4.04. The summed E-state index contributed by atoms with van der Waals surface area (Å²) in [5, 5.41) is 20.4. The summed E-state index contributed by atoms with van der Waals surface area (Å²) in [6.07, 6.45) is 8.56. The zero-order valence-electron chi connectivity index (χ0n) is 10.9. The van der Waals surface area contributed by atoms with Crippen molar-refractivity contribution in [1.82, 2.24) is 10.2 Å². The summed E-state index contributed by atoms with van der Waals surface area (Å²) < 4.78 is 0.